The number of amides is 1. The fraction of sp³-hybridized carbons (Fsp3) is 0.280. The summed E-state index contributed by atoms with van der Waals surface area (Å²) in [5.41, 5.74) is 2.43. The second-order valence-corrected chi connectivity index (χ2v) is 8.41. The van der Waals surface area contributed by atoms with Crippen molar-refractivity contribution in [2.45, 2.75) is 25.6 Å². The zero-order valence-electron chi connectivity index (χ0n) is 17.9. The quantitative estimate of drug-likeness (QED) is 0.416. The van der Waals surface area contributed by atoms with Gasteiger partial charge in [0.05, 0.1) is 11.0 Å². The van der Waals surface area contributed by atoms with Crippen molar-refractivity contribution in [3.8, 4) is 5.69 Å². The van der Waals surface area contributed by atoms with Crippen LogP contribution in [-0.2, 0) is 12.7 Å². The molecule has 5 rings (SSSR count). The minimum absolute atomic E-state index is 0.0448. The Hall–Kier alpha value is -3.55. The van der Waals surface area contributed by atoms with Gasteiger partial charge in [-0.2, -0.15) is 13.2 Å². The average Bonchev–Trinajstić information content (AvgIpc) is 3.48. The van der Waals surface area contributed by atoms with E-state index in [-0.39, 0.29) is 18.4 Å². The van der Waals surface area contributed by atoms with E-state index < -0.39 is 12.0 Å². The molecule has 1 fully saturated rings. The molecule has 0 atom stereocenters. The van der Waals surface area contributed by atoms with Crippen molar-refractivity contribution < 1.29 is 18.0 Å². The van der Waals surface area contributed by atoms with Crippen molar-refractivity contribution in [2.75, 3.05) is 13.1 Å². The summed E-state index contributed by atoms with van der Waals surface area (Å²) in [6.07, 6.45) is 0.668. The van der Waals surface area contributed by atoms with E-state index in [4.69, 9.17) is 0 Å². The maximum Gasteiger partial charge on any atom is 0.449 e. The standard InChI is InChI=1S/C25H23F3N4O/c26-25(27,28)24-29-21-5-1-2-6-22(21)32(24)17-18-11-15-31(16-12-18)23(33)19-7-9-20(10-8-19)30-13-3-4-14-30/h1-10,13-14,18H,11-12,15-17H2. The lowest BCUT2D eigenvalue weighted by Gasteiger charge is -2.32. The first-order valence-electron chi connectivity index (χ1n) is 11.0. The number of hydrogen-bond donors (Lipinski definition) is 0. The zero-order chi connectivity index (χ0) is 23.0. The van der Waals surface area contributed by atoms with E-state index in [1.807, 2.05) is 53.4 Å². The topological polar surface area (TPSA) is 43.1 Å². The van der Waals surface area contributed by atoms with Crippen LogP contribution in [0.5, 0.6) is 0 Å². The highest BCUT2D eigenvalue weighted by molar-refractivity contribution is 5.94. The van der Waals surface area contributed by atoms with Gasteiger partial charge < -0.3 is 14.0 Å². The molecule has 33 heavy (non-hydrogen) atoms. The molecule has 170 valence electrons. The van der Waals surface area contributed by atoms with Gasteiger partial charge in [-0.1, -0.05) is 12.1 Å². The number of piperidine rings is 1. The molecule has 2 aromatic heterocycles. The van der Waals surface area contributed by atoms with Crippen molar-refractivity contribution in [1.29, 1.82) is 0 Å². The van der Waals surface area contributed by atoms with Crippen LogP contribution in [0.4, 0.5) is 13.2 Å². The maximum atomic E-state index is 13.6. The number of rotatable bonds is 4. The third-order valence-corrected chi connectivity index (χ3v) is 6.27. The van der Waals surface area contributed by atoms with Crippen LogP contribution >= 0.6 is 0 Å². The number of carbonyl (C=O) groups excluding carboxylic acids is 1. The minimum Gasteiger partial charge on any atom is -0.339 e. The average molecular weight is 452 g/mol. The van der Waals surface area contributed by atoms with Crippen molar-refractivity contribution in [1.82, 2.24) is 19.0 Å². The number of hydrogen-bond acceptors (Lipinski definition) is 2. The molecule has 4 aromatic rings. The summed E-state index contributed by atoms with van der Waals surface area (Å²) in [5.74, 6) is -0.856. The summed E-state index contributed by atoms with van der Waals surface area (Å²) >= 11 is 0. The summed E-state index contributed by atoms with van der Waals surface area (Å²) in [5, 5.41) is 0. The van der Waals surface area contributed by atoms with Gasteiger partial charge >= 0.3 is 6.18 Å². The van der Waals surface area contributed by atoms with Gasteiger partial charge in [-0.3, -0.25) is 4.79 Å². The molecular weight excluding hydrogens is 429 g/mol. The molecule has 0 spiro atoms. The van der Waals surface area contributed by atoms with Crippen molar-refractivity contribution in [3.63, 3.8) is 0 Å². The zero-order valence-corrected chi connectivity index (χ0v) is 17.9. The van der Waals surface area contributed by atoms with Crippen LogP contribution in [0.25, 0.3) is 16.7 Å². The second-order valence-electron chi connectivity index (χ2n) is 8.41. The Kier molecular flexibility index (Phi) is 5.44. The monoisotopic (exact) mass is 452 g/mol. The van der Waals surface area contributed by atoms with Crippen molar-refractivity contribution >= 4 is 16.9 Å². The SMILES string of the molecule is O=C(c1ccc(-n2cccc2)cc1)N1CCC(Cn2c(C(F)(F)F)nc3ccccc32)CC1. The predicted octanol–water partition coefficient (Wildman–Crippen LogP) is 5.40. The normalized spacial score (nSPS) is 15.3. The number of aromatic nitrogens is 3. The summed E-state index contributed by atoms with van der Waals surface area (Å²) in [6.45, 7) is 1.29. The van der Waals surface area contributed by atoms with Gasteiger partial charge in [-0.15, -0.1) is 0 Å². The Morgan fingerprint density at radius 1 is 0.939 bits per heavy atom. The third-order valence-electron chi connectivity index (χ3n) is 6.27. The molecule has 3 heterocycles. The third kappa shape index (κ3) is 4.25. The first-order chi connectivity index (χ1) is 15.9. The molecule has 2 aromatic carbocycles. The molecule has 0 aliphatic carbocycles. The van der Waals surface area contributed by atoms with Crippen LogP contribution in [0.2, 0.25) is 0 Å². The van der Waals surface area contributed by atoms with Gasteiger partial charge in [0.1, 0.15) is 0 Å². The van der Waals surface area contributed by atoms with Crippen molar-refractivity contribution in [3.05, 3.63) is 84.4 Å². The van der Waals surface area contributed by atoms with Crippen LogP contribution in [-0.4, -0.2) is 38.0 Å². The number of imidazole rings is 1. The molecule has 0 radical (unpaired) electrons. The molecule has 1 amide bonds. The molecule has 1 saturated heterocycles. The fourth-order valence-corrected chi connectivity index (χ4v) is 4.52. The van der Waals surface area contributed by atoms with E-state index in [2.05, 4.69) is 4.98 Å². The summed E-state index contributed by atoms with van der Waals surface area (Å²) in [7, 11) is 0. The molecule has 8 heteroatoms. The van der Waals surface area contributed by atoms with E-state index in [0.717, 1.165) is 5.69 Å². The molecule has 1 aliphatic heterocycles. The Morgan fingerprint density at radius 3 is 2.27 bits per heavy atom. The Labute approximate surface area is 189 Å². The van der Waals surface area contributed by atoms with Gasteiger partial charge in [0.25, 0.3) is 5.91 Å². The van der Waals surface area contributed by atoms with E-state index in [0.29, 0.717) is 42.5 Å². The molecule has 1 aliphatic rings. The van der Waals surface area contributed by atoms with Crippen LogP contribution in [0, 0.1) is 5.92 Å². The first kappa shape index (κ1) is 21.3. The molecule has 0 N–H and O–H groups in total. The van der Waals surface area contributed by atoms with Gasteiger partial charge in [-0.25, -0.2) is 4.98 Å². The highest BCUT2D eigenvalue weighted by Gasteiger charge is 2.38. The number of para-hydroxylation sites is 2. The Balaban J connectivity index is 1.26. The van der Waals surface area contributed by atoms with E-state index in [1.54, 1.807) is 29.2 Å². The number of likely N-dealkylation sites (tertiary alicyclic amines) is 1. The number of nitrogens with zero attached hydrogens (tertiary/aromatic N) is 4. The highest BCUT2D eigenvalue weighted by atomic mass is 19.4. The number of halogens is 3. The van der Waals surface area contributed by atoms with Crippen LogP contribution in [0.1, 0.15) is 29.0 Å². The highest BCUT2D eigenvalue weighted by Crippen LogP contribution is 2.33. The Morgan fingerprint density at radius 2 is 1.61 bits per heavy atom. The number of alkyl halides is 3. The van der Waals surface area contributed by atoms with Gasteiger partial charge in [-0.05, 0) is 67.3 Å². The van der Waals surface area contributed by atoms with Crippen LogP contribution < -0.4 is 0 Å². The molecule has 0 bridgehead atoms. The van der Waals surface area contributed by atoms with E-state index in [9.17, 15) is 18.0 Å². The van der Waals surface area contributed by atoms with E-state index in [1.165, 1.54) is 4.57 Å². The molecule has 0 saturated carbocycles. The first-order valence-corrected chi connectivity index (χ1v) is 11.0. The number of carbonyl (C=O) groups is 1. The smallest absolute Gasteiger partial charge is 0.339 e. The van der Waals surface area contributed by atoms with Crippen LogP contribution in [0.3, 0.4) is 0 Å². The number of benzene rings is 2. The summed E-state index contributed by atoms with van der Waals surface area (Å²) in [6, 6.07) is 18.0. The molecule has 5 nitrogen and oxygen atoms in total. The Bertz CT molecular complexity index is 1250. The van der Waals surface area contributed by atoms with Gasteiger partial charge in [0.2, 0.25) is 5.82 Å². The van der Waals surface area contributed by atoms with Gasteiger partial charge in [0.15, 0.2) is 0 Å². The lowest BCUT2D eigenvalue weighted by atomic mass is 9.96. The largest absolute Gasteiger partial charge is 0.449 e. The maximum absolute atomic E-state index is 13.6. The summed E-state index contributed by atoms with van der Waals surface area (Å²) in [4.78, 5) is 18.6. The lowest BCUT2D eigenvalue weighted by Crippen LogP contribution is -2.39. The fourth-order valence-electron chi connectivity index (χ4n) is 4.52. The van der Waals surface area contributed by atoms with Crippen LogP contribution in [0.15, 0.2) is 73.1 Å². The molecule has 0 unspecified atom stereocenters. The van der Waals surface area contributed by atoms with Gasteiger partial charge in [0, 0.05) is 43.3 Å². The second kappa shape index (κ2) is 8.42. The van der Waals surface area contributed by atoms with E-state index >= 15 is 0 Å². The minimum atomic E-state index is -4.51. The molecular formula is C25H23F3N4O. The number of fused-ring (bicyclic) bond motifs is 1. The van der Waals surface area contributed by atoms with Crippen molar-refractivity contribution in [2.24, 2.45) is 5.92 Å². The predicted molar refractivity (Wildman–Crippen MR) is 119 cm³/mol. The lowest BCUT2D eigenvalue weighted by molar-refractivity contribution is -0.147. The summed E-state index contributed by atoms with van der Waals surface area (Å²) < 4.78 is 44.0.